The third-order valence-corrected chi connectivity index (χ3v) is 2.02. The highest BCUT2D eigenvalue weighted by Gasteiger charge is 2.27. The van der Waals surface area contributed by atoms with Gasteiger partial charge in [0.25, 0.3) is 0 Å². The maximum atomic E-state index is 12.5. The van der Waals surface area contributed by atoms with E-state index < -0.39 is 12.4 Å². The Balaban J connectivity index is 2.78. The molecule has 0 saturated carbocycles. The highest BCUT2D eigenvalue weighted by atomic mass is 19.4. The minimum Gasteiger partial charge on any atom is -0.445 e. The second-order valence-electron chi connectivity index (χ2n) is 3.00. The normalized spacial score (nSPS) is 11.9. The van der Waals surface area contributed by atoms with Gasteiger partial charge in [0.05, 0.1) is 0 Å². The first-order chi connectivity index (χ1) is 6.59. The van der Waals surface area contributed by atoms with Gasteiger partial charge in [0.1, 0.15) is 0 Å². The number of fused-ring (bicyclic) bond motifs is 1. The van der Waals surface area contributed by atoms with Crippen LogP contribution >= 0.6 is 0 Å². The van der Waals surface area contributed by atoms with Crippen LogP contribution in [0, 0.1) is 0 Å². The third kappa shape index (κ3) is 1.45. The monoisotopic (exact) mass is 196 g/mol. The van der Waals surface area contributed by atoms with E-state index in [4.69, 9.17) is 0 Å². The summed E-state index contributed by atoms with van der Waals surface area (Å²) in [7, 11) is 0. The van der Waals surface area contributed by atoms with Crippen LogP contribution in [0.3, 0.4) is 0 Å². The number of halogens is 3. The van der Waals surface area contributed by atoms with Crippen molar-refractivity contribution in [3.8, 4) is 0 Å². The van der Waals surface area contributed by atoms with Crippen LogP contribution in [-0.2, 0) is 0 Å². The Hall–Kier alpha value is -1.52. The van der Waals surface area contributed by atoms with Crippen LogP contribution in [0.1, 0.15) is 0 Å². The molecule has 1 aromatic heterocycles. The molecular formula is C9H6BF3N-. The maximum Gasteiger partial charge on any atom is 0.511 e. The van der Waals surface area contributed by atoms with E-state index in [9.17, 15) is 12.9 Å². The van der Waals surface area contributed by atoms with Crippen molar-refractivity contribution in [1.29, 1.82) is 0 Å². The summed E-state index contributed by atoms with van der Waals surface area (Å²) >= 11 is 0. The smallest absolute Gasteiger partial charge is 0.445 e. The van der Waals surface area contributed by atoms with Gasteiger partial charge in [-0.25, -0.2) is 0 Å². The highest BCUT2D eigenvalue weighted by molar-refractivity contribution is 6.75. The van der Waals surface area contributed by atoms with Gasteiger partial charge in [-0.05, 0) is 11.5 Å². The highest BCUT2D eigenvalue weighted by Crippen LogP contribution is 2.15. The fourth-order valence-corrected chi connectivity index (χ4v) is 1.39. The summed E-state index contributed by atoms with van der Waals surface area (Å²) in [6.07, 6.45) is 1.37. The average molecular weight is 196 g/mol. The molecule has 0 fully saturated rings. The molecule has 0 aliphatic heterocycles. The van der Waals surface area contributed by atoms with Gasteiger partial charge < -0.3 is 12.9 Å². The molecule has 0 spiro atoms. The van der Waals surface area contributed by atoms with Crippen LogP contribution in [0.5, 0.6) is 0 Å². The Bertz CT molecular complexity index is 462. The number of hydrogen-bond donors (Lipinski definition) is 0. The van der Waals surface area contributed by atoms with Gasteiger partial charge in [-0.3, -0.25) is 4.98 Å². The molecular weight excluding hydrogens is 190 g/mol. The zero-order valence-electron chi connectivity index (χ0n) is 7.12. The summed E-state index contributed by atoms with van der Waals surface area (Å²) in [4.78, 5) is 3.74. The van der Waals surface area contributed by atoms with E-state index in [-0.39, 0.29) is 5.52 Å². The first-order valence-electron chi connectivity index (χ1n) is 4.12. The number of aromatic nitrogens is 1. The van der Waals surface area contributed by atoms with Crippen molar-refractivity contribution in [2.24, 2.45) is 0 Å². The summed E-state index contributed by atoms with van der Waals surface area (Å²) in [5.74, 6) is 0. The standard InChI is InChI=1S/C9H6BF3N/c11-10(12,13)8-5-1-3-7-4-2-6-14-9(7)8/h1-6H/q-1. The van der Waals surface area contributed by atoms with Gasteiger partial charge in [0, 0.05) is 11.7 Å². The molecule has 2 rings (SSSR count). The van der Waals surface area contributed by atoms with Crippen molar-refractivity contribution < 1.29 is 12.9 Å². The second kappa shape index (κ2) is 3.01. The minimum atomic E-state index is -4.98. The predicted octanol–water partition coefficient (Wildman–Crippen LogP) is 2.29. The molecule has 0 N–H and O–H groups in total. The Morgan fingerprint density at radius 2 is 1.71 bits per heavy atom. The van der Waals surface area contributed by atoms with Crippen LogP contribution in [0.15, 0.2) is 36.5 Å². The molecule has 1 aromatic carbocycles. The molecule has 2 aromatic rings. The molecule has 72 valence electrons. The summed E-state index contributed by atoms with van der Waals surface area (Å²) in [6.45, 7) is -4.98. The molecule has 5 heteroatoms. The summed E-state index contributed by atoms with van der Waals surface area (Å²) in [5, 5.41) is 0.518. The Morgan fingerprint density at radius 1 is 1.00 bits per heavy atom. The van der Waals surface area contributed by atoms with Crippen molar-refractivity contribution in [3.05, 3.63) is 36.5 Å². The summed E-state index contributed by atoms with van der Waals surface area (Å²) in [5.41, 5.74) is -0.592. The van der Waals surface area contributed by atoms with E-state index in [0.29, 0.717) is 5.39 Å². The zero-order chi connectivity index (χ0) is 10.2. The Labute approximate surface area is 78.6 Å². The van der Waals surface area contributed by atoms with Crippen molar-refractivity contribution in [2.45, 2.75) is 0 Å². The molecule has 14 heavy (non-hydrogen) atoms. The van der Waals surface area contributed by atoms with Crippen LogP contribution < -0.4 is 5.46 Å². The van der Waals surface area contributed by atoms with E-state index in [1.807, 2.05) is 0 Å². The number of hydrogen-bond acceptors (Lipinski definition) is 1. The molecule has 0 radical (unpaired) electrons. The Morgan fingerprint density at radius 3 is 2.43 bits per heavy atom. The van der Waals surface area contributed by atoms with E-state index >= 15 is 0 Å². The largest absolute Gasteiger partial charge is 0.511 e. The first-order valence-corrected chi connectivity index (χ1v) is 4.12. The lowest BCUT2D eigenvalue weighted by Crippen LogP contribution is -2.34. The SMILES string of the molecule is F[B-](F)(F)c1cccc2cccnc12. The molecule has 0 saturated heterocycles. The topological polar surface area (TPSA) is 12.9 Å². The van der Waals surface area contributed by atoms with Gasteiger partial charge in [-0.15, -0.1) is 0 Å². The van der Waals surface area contributed by atoms with Crippen LogP contribution in [0.4, 0.5) is 12.9 Å². The lowest BCUT2D eigenvalue weighted by molar-refractivity contribution is 0.501. The van der Waals surface area contributed by atoms with Crippen LogP contribution in [0.2, 0.25) is 0 Å². The molecule has 0 atom stereocenters. The van der Waals surface area contributed by atoms with Crippen molar-refractivity contribution in [3.63, 3.8) is 0 Å². The zero-order valence-corrected chi connectivity index (χ0v) is 7.12. The lowest BCUT2D eigenvalue weighted by Gasteiger charge is -2.16. The number of pyridine rings is 1. The van der Waals surface area contributed by atoms with Gasteiger partial charge in [-0.1, -0.05) is 29.7 Å². The van der Waals surface area contributed by atoms with Gasteiger partial charge >= 0.3 is 6.98 Å². The molecule has 0 bridgehead atoms. The van der Waals surface area contributed by atoms with E-state index in [2.05, 4.69) is 4.98 Å². The predicted molar refractivity (Wildman–Crippen MR) is 50.5 cm³/mol. The number of para-hydroxylation sites is 1. The van der Waals surface area contributed by atoms with Gasteiger partial charge in [0.2, 0.25) is 0 Å². The Kier molecular flexibility index (Phi) is 1.95. The van der Waals surface area contributed by atoms with E-state index in [0.717, 1.165) is 6.07 Å². The van der Waals surface area contributed by atoms with Crippen molar-refractivity contribution in [1.82, 2.24) is 4.98 Å². The molecule has 0 unspecified atom stereocenters. The second-order valence-corrected chi connectivity index (χ2v) is 3.00. The van der Waals surface area contributed by atoms with E-state index in [1.165, 1.54) is 12.3 Å². The minimum absolute atomic E-state index is 0.0301. The van der Waals surface area contributed by atoms with Gasteiger partial charge in [0.15, 0.2) is 0 Å². The van der Waals surface area contributed by atoms with Crippen molar-refractivity contribution >= 4 is 23.3 Å². The average Bonchev–Trinajstić information content (AvgIpc) is 2.15. The molecule has 0 aliphatic carbocycles. The molecule has 1 heterocycles. The maximum absolute atomic E-state index is 12.5. The van der Waals surface area contributed by atoms with Gasteiger partial charge in [-0.2, -0.15) is 0 Å². The molecule has 0 aliphatic rings. The molecule has 0 amide bonds. The molecule has 1 nitrogen and oxygen atoms in total. The lowest BCUT2D eigenvalue weighted by atomic mass is 9.78. The number of nitrogens with zero attached hydrogens (tertiary/aromatic N) is 1. The summed E-state index contributed by atoms with van der Waals surface area (Å²) < 4.78 is 37.6. The van der Waals surface area contributed by atoms with Crippen LogP contribution in [-0.4, -0.2) is 12.0 Å². The quantitative estimate of drug-likeness (QED) is 0.637. The first kappa shape index (κ1) is 9.06. The van der Waals surface area contributed by atoms with E-state index in [1.54, 1.807) is 18.2 Å². The van der Waals surface area contributed by atoms with Crippen LogP contribution in [0.25, 0.3) is 10.9 Å². The van der Waals surface area contributed by atoms with Crippen molar-refractivity contribution in [2.75, 3.05) is 0 Å². The fourth-order valence-electron chi connectivity index (χ4n) is 1.39. The number of rotatable bonds is 1. The fraction of sp³-hybridized carbons (Fsp3) is 0. The third-order valence-electron chi connectivity index (χ3n) is 2.02. The summed E-state index contributed by atoms with van der Waals surface area (Å²) in [6, 6.07) is 7.32. The number of benzene rings is 1.